The Kier molecular flexibility index (Phi) is 19.0. The molecule has 0 aliphatic carbocycles. The maximum absolute atomic E-state index is 11.2. The first kappa shape index (κ1) is 50.7. The van der Waals surface area contributed by atoms with Crippen molar-refractivity contribution in [3.8, 4) is 0 Å². The van der Waals surface area contributed by atoms with Crippen molar-refractivity contribution in [3.05, 3.63) is 0 Å². The van der Waals surface area contributed by atoms with Crippen LogP contribution in [0.3, 0.4) is 0 Å². The molecule has 2 atom stereocenters. The molecule has 1 heterocycles. The molecule has 1 fully saturated rings. The van der Waals surface area contributed by atoms with Crippen molar-refractivity contribution in [2.75, 3.05) is 26.2 Å². The van der Waals surface area contributed by atoms with Gasteiger partial charge in [-0.2, -0.15) is 0 Å². The summed E-state index contributed by atoms with van der Waals surface area (Å²) in [6, 6.07) is 1.45. The van der Waals surface area contributed by atoms with Gasteiger partial charge in [0.2, 0.25) is 0 Å². The van der Waals surface area contributed by atoms with Gasteiger partial charge in [-0.25, -0.2) is 0 Å². The van der Waals surface area contributed by atoms with Gasteiger partial charge in [0.25, 0.3) is 0 Å². The summed E-state index contributed by atoms with van der Waals surface area (Å²) >= 11 is -22.3. The molecule has 1 rings (SSSR count). The van der Waals surface area contributed by atoms with E-state index in [1.54, 1.807) is 0 Å². The molecule has 0 unspecified atom stereocenters. The maximum atomic E-state index is 9.92. The van der Waals surface area contributed by atoms with E-state index >= 15 is 0 Å². The van der Waals surface area contributed by atoms with Crippen LogP contribution in [0.25, 0.3) is 0 Å². The summed E-state index contributed by atoms with van der Waals surface area (Å²) in [6.45, 7) is 19.2. The zero-order chi connectivity index (χ0) is 28.0. The van der Waals surface area contributed by atoms with E-state index in [1.165, 1.54) is 39.0 Å². The molecule has 0 aromatic heterocycles. The first-order valence-corrected chi connectivity index (χ1v) is 20.3. The predicted molar refractivity (Wildman–Crippen MR) is 123 cm³/mol. The van der Waals surface area contributed by atoms with Gasteiger partial charge in [-0.1, -0.05) is 0 Å². The molecule has 1 saturated heterocycles. The predicted octanol–water partition coefficient (Wildman–Crippen LogP) is -1.65. The van der Waals surface area contributed by atoms with Crippen molar-refractivity contribution >= 4 is 27.8 Å². The van der Waals surface area contributed by atoms with Crippen LogP contribution in [0.5, 0.6) is 0 Å². The van der Waals surface area contributed by atoms with Gasteiger partial charge in [-0.05, 0) is 41.5 Å². The Labute approximate surface area is 216 Å². The molecule has 16 N–H and O–H groups in total. The molecule has 0 aromatic rings. The van der Waals surface area contributed by atoms with Crippen molar-refractivity contribution in [2.45, 2.75) is 77.5 Å². The molecule has 0 spiro atoms. The van der Waals surface area contributed by atoms with Gasteiger partial charge in [0, 0.05) is 0 Å². The summed E-state index contributed by atoms with van der Waals surface area (Å²) in [5, 5.41) is 10.2. The van der Waals surface area contributed by atoms with E-state index in [9.17, 15) is 42.0 Å². The third-order valence-corrected chi connectivity index (χ3v) is 4.56. The van der Waals surface area contributed by atoms with Gasteiger partial charge < -0.3 is 43.2 Å². The number of halogens is 12. The van der Waals surface area contributed by atoms with Crippen LogP contribution in [-0.2, 0) is 0 Å². The van der Waals surface area contributed by atoms with Crippen LogP contribution in [-0.4, -0.2) is 99.0 Å². The van der Waals surface area contributed by atoms with Gasteiger partial charge in [0.1, 0.15) is 26.2 Å². The van der Waals surface area contributed by atoms with E-state index in [1.807, 2.05) is 0 Å². The van der Waals surface area contributed by atoms with Crippen molar-refractivity contribution in [3.63, 3.8) is 0 Å². The Bertz CT molecular complexity index is 571. The van der Waals surface area contributed by atoms with Crippen LogP contribution in [0.4, 0.5) is 42.0 Å². The van der Waals surface area contributed by atoms with Crippen LogP contribution < -0.4 is 21.3 Å². The zero-order valence-corrected chi connectivity index (χ0v) is 26.4. The summed E-state index contributed by atoms with van der Waals surface area (Å²) in [7, 11) is 0. The van der Waals surface area contributed by atoms with Crippen LogP contribution in [0.1, 0.15) is 54.4 Å². The van der Waals surface area contributed by atoms with Gasteiger partial charge in [-0.15, -0.1) is 0 Å². The second-order valence-electron chi connectivity index (χ2n) is 10.5. The Hall–Kier alpha value is -0.0743. The third-order valence-electron chi connectivity index (χ3n) is 4.56. The number of nitrogens with two attached hydrogens (primary N) is 4. The Morgan fingerprint density at radius 1 is 0.474 bits per heavy atom. The van der Waals surface area contributed by atoms with Crippen LogP contribution >= 0.6 is 0 Å². The van der Waals surface area contributed by atoms with E-state index in [4.69, 9.17) is 0 Å². The summed E-state index contributed by atoms with van der Waals surface area (Å²) in [5.41, 5.74) is 0.750. The standard InChI is InChI=1S/C16H36N4.2F6Ge.4H2O/c1-13-11-15(3,4)19-10-8-18-14(2)12-16(5,6)20-9-7-17-13;2*1-7(2,3,4,5)6;;;;/h13-14,17-20H,7-12H2,1-6H3;;;4*1H2/q;2*-2;;;;/p+4/t13-,14+;;;;;;. The van der Waals surface area contributed by atoms with Gasteiger partial charge in [-0.3, -0.25) is 0 Å². The number of hydrogen-bond donors (Lipinski definition) is 4. The molecular formula is C16H48F12Ge2N4O4. The molecule has 248 valence electrons. The van der Waals surface area contributed by atoms with Crippen molar-refractivity contribution in [1.82, 2.24) is 0 Å². The average Bonchev–Trinajstić information content (AvgIpc) is 2.40. The van der Waals surface area contributed by atoms with Gasteiger partial charge >= 0.3 is 69.8 Å². The van der Waals surface area contributed by atoms with Crippen LogP contribution in [0.2, 0.25) is 0 Å². The van der Waals surface area contributed by atoms with Gasteiger partial charge in [0.05, 0.1) is 36.0 Å². The SMILES string of the molecule is C[C@@H]1CC(C)(C)[NH2+]CC[NH2+][C@@H](C)CC(C)(C)[NH2+]CC[NH2+]1.O.O.O.O.[F][Ge-2]([F])([F])([F])([F])[F].[F][Ge-2]([F])([F])([F])([F])[F]. The van der Waals surface area contributed by atoms with E-state index in [2.05, 4.69) is 62.8 Å². The first-order valence-electron chi connectivity index (χ1n) is 10.8. The fraction of sp³-hybridized carbons (Fsp3) is 1.00. The third kappa shape index (κ3) is 65.2. The Morgan fingerprint density at radius 3 is 0.842 bits per heavy atom. The zero-order valence-electron chi connectivity index (χ0n) is 22.2. The quantitative estimate of drug-likeness (QED) is 0.164. The summed E-state index contributed by atoms with van der Waals surface area (Å²) in [5.74, 6) is 0. The molecule has 0 aromatic carbocycles. The molecular weight excluding hydrogens is 685 g/mol. The molecule has 1 aliphatic heterocycles. The normalized spacial score (nSPS) is 26.1. The minimum absolute atomic E-state index is 0. The molecule has 8 nitrogen and oxygen atoms in total. The first-order chi connectivity index (χ1) is 14.1. The molecule has 0 radical (unpaired) electrons. The minimum atomic E-state index is -11.2. The molecule has 0 saturated carbocycles. The Morgan fingerprint density at radius 2 is 0.658 bits per heavy atom. The number of quaternary nitrogens is 4. The molecule has 38 heavy (non-hydrogen) atoms. The number of hydrogen-bond acceptors (Lipinski definition) is 0. The van der Waals surface area contributed by atoms with Crippen molar-refractivity contribution in [1.29, 1.82) is 0 Å². The van der Waals surface area contributed by atoms with E-state index < -0.39 is 27.8 Å². The van der Waals surface area contributed by atoms with Crippen molar-refractivity contribution < 1.29 is 85.2 Å². The van der Waals surface area contributed by atoms with Crippen LogP contribution in [0, 0.1) is 0 Å². The fourth-order valence-corrected chi connectivity index (χ4v) is 3.70. The molecule has 22 heteroatoms. The van der Waals surface area contributed by atoms with Crippen molar-refractivity contribution in [2.24, 2.45) is 0 Å². The molecule has 0 bridgehead atoms. The Balaban J connectivity index is -0.000000120. The molecule has 1 aliphatic rings. The second kappa shape index (κ2) is 14.2. The van der Waals surface area contributed by atoms with E-state index in [0.29, 0.717) is 11.1 Å². The summed E-state index contributed by atoms with van der Waals surface area (Å²) in [4.78, 5) is 0. The summed E-state index contributed by atoms with van der Waals surface area (Å²) < 4.78 is 119. The number of rotatable bonds is 0. The summed E-state index contributed by atoms with van der Waals surface area (Å²) in [6.07, 6.45) is 2.57. The van der Waals surface area contributed by atoms with E-state index in [-0.39, 0.29) is 21.9 Å². The second-order valence-corrected chi connectivity index (χ2v) is 19.5. The monoisotopic (exact) mass is 736 g/mol. The average molecular weight is 734 g/mol. The van der Waals surface area contributed by atoms with Crippen LogP contribution in [0.15, 0.2) is 0 Å². The topological polar surface area (TPSA) is 192 Å². The van der Waals surface area contributed by atoms with Gasteiger partial charge in [0.15, 0.2) is 0 Å². The van der Waals surface area contributed by atoms with E-state index in [0.717, 1.165) is 12.1 Å². The molecule has 0 amide bonds. The fourth-order valence-electron chi connectivity index (χ4n) is 3.70.